The van der Waals surface area contributed by atoms with Crippen LogP contribution < -0.4 is 0 Å². The van der Waals surface area contributed by atoms with Gasteiger partial charge in [0, 0.05) is 24.3 Å². The molecule has 10 nitrogen and oxygen atoms in total. The van der Waals surface area contributed by atoms with Crippen molar-refractivity contribution in [1.29, 1.82) is 0 Å². The molecule has 11 heteroatoms. The van der Waals surface area contributed by atoms with E-state index < -0.39 is 9.85 Å². The number of nitro benzene ring substituents is 2. The Balaban J connectivity index is 1.52. The van der Waals surface area contributed by atoms with Crippen molar-refractivity contribution in [3.8, 4) is 21.5 Å². The lowest BCUT2D eigenvalue weighted by Gasteiger charge is -1.88. The van der Waals surface area contributed by atoms with Crippen LogP contribution in [0.25, 0.3) is 43.7 Å². The maximum Gasteiger partial charge on any atom is 0.271 e. The summed E-state index contributed by atoms with van der Waals surface area (Å²) in [6.07, 6.45) is 0. The third kappa shape index (κ3) is 2.89. The van der Waals surface area contributed by atoms with Crippen LogP contribution in [0.15, 0.2) is 57.4 Å². The number of hydrogen-bond donors (Lipinski definition) is 0. The average molecular weight is 408 g/mol. The Morgan fingerprint density at radius 3 is 1.59 bits per heavy atom. The van der Waals surface area contributed by atoms with Gasteiger partial charge in [-0.25, -0.2) is 9.97 Å². The molecule has 0 spiro atoms. The molecule has 2 aromatic carbocycles. The standard InChI is InChI=1S/C18H8N4O6S/c23-21(24)9-1-3-13-11(7-9)19-17(27-13)15-5-6-16(29-15)18-20-12-8-10(22(25)26)2-4-14(12)28-18/h1-8H. The van der Waals surface area contributed by atoms with E-state index in [9.17, 15) is 20.2 Å². The molecule has 0 atom stereocenters. The molecule has 0 bridgehead atoms. The Hall–Kier alpha value is -4.12. The van der Waals surface area contributed by atoms with Crippen molar-refractivity contribution >= 4 is 44.9 Å². The SMILES string of the molecule is O=[N+]([O-])c1ccc2oc(-c3ccc(-c4nc5cc([N+](=O)[O-])ccc5o4)s3)nc2c1. The Labute approximate surface area is 164 Å². The number of non-ortho nitro benzene ring substituents is 2. The van der Waals surface area contributed by atoms with Gasteiger partial charge in [0.25, 0.3) is 11.4 Å². The van der Waals surface area contributed by atoms with Crippen LogP contribution in [-0.4, -0.2) is 19.8 Å². The highest BCUT2D eigenvalue weighted by Crippen LogP contribution is 2.37. The fourth-order valence-electron chi connectivity index (χ4n) is 2.84. The van der Waals surface area contributed by atoms with Crippen molar-refractivity contribution in [1.82, 2.24) is 9.97 Å². The van der Waals surface area contributed by atoms with Crippen LogP contribution in [0.2, 0.25) is 0 Å². The Kier molecular flexibility index (Phi) is 3.64. The summed E-state index contributed by atoms with van der Waals surface area (Å²) in [5.74, 6) is 0.645. The first-order valence-electron chi connectivity index (χ1n) is 8.18. The molecule has 0 saturated heterocycles. The average Bonchev–Trinajstić information content (AvgIpc) is 3.42. The minimum absolute atomic E-state index is 0.0650. The first kappa shape index (κ1) is 17.0. The number of thiophene rings is 1. The first-order valence-corrected chi connectivity index (χ1v) is 9.00. The van der Waals surface area contributed by atoms with Gasteiger partial charge in [-0.05, 0) is 24.3 Å². The van der Waals surface area contributed by atoms with Crippen LogP contribution in [-0.2, 0) is 0 Å². The zero-order chi connectivity index (χ0) is 20.1. The molecule has 0 N–H and O–H groups in total. The van der Waals surface area contributed by atoms with Crippen LogP contribution in [0.5, 0.6) is 0 Å². The molecule has 0 aliphatic heterocycles. The van der Waals surface area contributed by atoms with E-state index in [0.717, 1.165) is 0 Å². The van der Waals surface area contributed by atoms with Crippen molar-refractivity contribution < 1.29 is 18.7 Å². The predicted molar refractivity (Wildman–Crippen MR) is 104 cm³/mol. The highest BCUT2D eigenvalue weighted by Gasteiger charge is 2.17. The summed E-state index contributed by atoms with van der Waals surface area (Å²) < 4.78 is 11.4. The number of hydrogen-bond acceptors (Lipinski definition) is 9. The summed E-state index contributed by atoms with van der Waals surface area (Å²) in [5, 5.41) is 21.8. The van der Waals surface area contributed by atoms with E-state index in [1.54, 1.807) is 12.1 Å². The first-order chi connectivity index (χ1) is 14.0. The number of benzene rings is 2. The topological polar surface area (TPSA) is 138 Å². The summed E-state index contributed by atoms with van der Waals surface area (Å²) in [6.45, 7) is 0. The van der Waals surface area contributed by atoms with Crippen LogP contribution in [0.3, 0.4) is 0 Å². The number of aromatic nitrogens is 2. The Morgan fingerprint density at radius 2 is 1.17 bits per heavy atom. The second-order valence-electron chi connectivity index (χ2n) is 6.02. The zero-order valence-corrected chi connectivity index (χ0v) is 15.1. The minimum atomic E-state index is -0.491. The van der Waals surface area contributed by atoms with Crippen LogP contribution in [0, 0.1) is 20.2 Å². The van der Waals surface area contributed by atoms with E-state index in [2.05, 4.69) is 9.97 Å². The van der Waals surface area contributed by atoms with Crippen LogP contribution >= 0.6 is 11.3 Å². The van der Waals surface area contributed by atoms with Crippen molar-refractivity contribution in [2.24, 2.45) is 0 Å². The summed E-state index contributed by atoms with van der Waals surface area (Å²) in [5.41, 5.74) is 1.52. The van der Waals surface area contributed by atoms with Gasteiger partial charge in [0.05, 0.1) is 19.6 Å². The molecule has 3 aromatic heterocycles. The number of rotatable bonds is 4. The lowest BCUT2D eigenvalue weighted by atomic mass is 10.3. The van der Waals surface area contributed by atoms with Gasteiger partial charge in [-0.1, -0.05) is 0 Å². The van der Waals surface area contributed by atoms with Crippen LogP contribution in [0.4, 0.5) is 11.4 Å². The van der Waals surface area contributed by atoms with Gasteiger partial charge in [0.2, 0.25) is 11.8 Å². The number of nitrogens with zero attached hydrogens (tertiary/aromatic N) is 4. The maximum atomic E-state index is 10.9. The van der Waals surface area contributed by atoms with Crippen molar-refractivity contribution in [3.05, 3.63) is 68.8 Å². The molecule has 29 heavy (non-hydrogen) atoms. The lowest BCUT2D eigenvalue weighted by molar-refractivity contribution is -0.384. The fourth-order valence-corrected chi connectivity index (χ4v) is 3.70. The quantitative estimate of drug-likeness (QED) is 0.293. The monoisotopic (exact) mass is 408 g/mol. The van der Waals surface area contributed by atoms with E-state index in [4.69, 9.17) is 8.83 Å². The second kappa shape index (κ2) is 6.21. The molecule has 0 amide bonds. The molecule has 0 saturated carbocycles. The van der Waals surface area contributed by atoms with Crippen molar-refractivity contribution in [3.63, 3.8) is 0 Å². The van der Waals surface area contributed by atoms with Gasteiger partial charge in [-0.3, -0.25) is 20.2 Å². The normalized spacial score (nSPS) is 11.3. The Morgan fingerprint density at radius 1 is 0.724 bits per heavy atom. The fraction of sp³-hybridized carbons (Fsp3) is 0. The molecule has 142 valence electrons. The van der Waals surface area contributed by atoms with Gasteiger partial charge in [0.15, 0.2) is 11.2 Å². The van der Waals surface area contributed by atoms with Crippen molar-refractivity contribution in [2.45, 2.75) is 0 Å². The highest BCUT2D eigenvalue weighted by molar-refractivity contribution is 7.18. The molecule has 0 aliphatic carbocycles. The lowest BCUT2D eigenvalue weighted by Crippen LogP contribution is -1.86. The number of fused-ring (bicyclic) bond motifs is 2. The zero-order valence-electron chi connectivity index (χ0n) is 14.3. The predicted octanol–water partition coefficient (Wildman–Crippen LogP) is 5.18. The van der Waals surface area contributed by atoms with E-state index in [-0.39, 0.29) is 11.4 Å². The third-order valence-corrected chi connectivity index (χ3v) is 5.25. The summed E-state index contributed by atoms with van der Waals surface area (Å²) in [4.78, 5) is 30.8. The summed E-state index contributed by atoms with van der Waals surface area (Å²) in [7, 11) is 0. The molecule has 0 fully saturated rings. The molecule has 3 heterocycles. The van der Waals surface area contributed by atoms with Crippen molar-refractivity contribution in [2.75, 3.05) is 0 Å². The Bertz CT molecular complexity index is 1330. The number of nitro groups is 2. The molecule has 0 radical (unpaired) electrons. The molecule has 5 rings (SSSR count). The molecule has 5 aromatic rings. The van der Waals surface area contributed by atoms with Gasteiger partial charge in [-0.15, -0.1) is 11.3 Å². The summed E-state index contributed by atoms with van der Waals surface area (Å²) >= 11 is 1.31. The van der Waals surface area contributed by atoms with Crippen LogP contribution in [0.1, 0.15) is 0 Å². The molecule has 0 aliphatic rings. The van der Waals surface area contributed by atoms with Gasteiger partial charge in [-0.2, -0.15) is 0 Å². The van der Waals surface area contributed by atoms with Gasteiger partial charge >= 0.3 is 0 Å². The highest BCUT2D eigenvalue weighted by atomic mass is 32.1. The third-order valence-electron chi connectivity index (χ3n) is 4.19. The van der Waals surface area contributed by atoms with E-state index in [1.807, 2.05) is 0 Å². The largest absolute Gasteiger partial charge is 0.435 e. The smallest absolute Gasteiger partial charge is 0.271 e. The van der Waals surface area contributed by atoms with E-state index in [1.165, 1.54) is 47.7 Å². The van der Waals surface area contributed by atoms with Gasteiger partial charge < -0.3 is 8.83 Å². The molecule has 0 unspecified atom stereocenters. The minimum Gasteiger partial charge on any atom is -0.435 e. The second-order valence-corrected chi connectivity index (χ2v) is 7.10. The van der Waals surface area contributed by atoms with E-state index >= 15 is 0 Å². The molecular weight excluding hydrogens is 400 g/mol. The maximum absolute atomic E-state index is 10.9. The molecular formula is C18H8N4O6S. The summed E-state index contributed by atoms with van der Waals surface area (Å²) in [6, 6.07) is 12.0. The number of oxazole rings is 2. The van der Waals surface area contributed by atoms with E-state index in [0.29, 0.717) is 43.7 Å². The van der Waals surface area contributed by atoms with Gasteiger partial charge in [0.1, 0.15) is 11.0 Å².